The quantitative estimate of drug-likeness (QED) is 0.613. The summed E-state index contributed by atoms with van der Waals surface area (Å²) in [6.45, 7) is 2.34. The van der Waals surface area contributed by atoms with Crippen molar-refractivity contribution in [3.8, 4) is 0 Å². The highest BCUT2D eigenvalue weighted by atomic mass is 16.5. The molecule has 1 aromatic carbocycles. The Labute approximate surface area is 113 Å². The van der Waals surface area contributed by atoms with E-state index in [-0.39, 0.29) is 12.1 Å². The van der Waals surface area contributed by atoms with E-state index in [0.717, 1.165) is 24.0 Å². The van der Waals surface area contributed by atoms with Crippen molar-refractivity contribution in [1.82, 2.24) is 0 Å². The zero-order chi connectivity index (χ0) is 13.5. The smallest absolute Gasteiger partial charge is 0.331 e. The minimum atomic E-state index is -0.330. The van der Waals surface area contributed by atoms with Crippen LogP contribution in [0.5, 0.6) is 0 Å². The molecular weight excluding hydrogens is 240 g/mol. The van der Waals surface area contributed by atoms with Crippen LogP contribution in [-0.2, 0) is 20.9 Å². The van der Waals surface area contributed by atoms with Crippen LogP contribution >= 0.6 is 0 Å². The number of rotatable bonds is 4. The van der Waals surface area contributed by atoms with Crippen molar-refractivity contribution in [2.45, 2.75) is 32.5 Å². The first kappa shape index (κ1) is 13.4. The zero-order valence-corrected chi connectivity index (χ0v) is 11.0. The number of ether oxygens (including phenoxy) is 2. The predicted molar refractivity (Wildman–Crippen MR) is 73.2 cm³/mol. The molecule has 0 saturated heterocycles. The first-order chi connectivity index (χ1) is 9.24. The van der Waals surface area contributed by atoms with E-state index in [1.165, 1.54) is 6.08 Å². The van der Waals surface area contributed by atoms with Crippen LogP contribution in [0.25, 0.3) is 0 Å². The molecule has 3 nitrogen and oxygen atoms in total. The molecule has 0 amide bonds. The molecule has 1 aromatic rings. The first-order valence-corrected chi connectivity index (χ1v) is 6.47. The molecule has 19 heavy (non-hydrogen) atoms. The Balaban J connectivity index is 1.78. The van der Waals surface area contributed by atoms with Crippen LogP contribution < -0.4 is 0 Å². The summed E-state index contributed by atoms with van der Waals surface area (Å²) in [7, 11) is 0. The van der Waals surface area contributed by atoms with Gasteiger partial charge in [0.05, 0.1) is 12.4 Å². The van der Waals surface area contributed by atoms with Crippen LogP contribution in [0.4, 0.5) is 0 Å². The van der Waals surface area contributed by atoms with Crippen LogP contribution in [0.1, 0.15) is 25.3 Å². The fourth-order valence-electron chi connectivity index (χ4n) is 1.77. The molecule has 0 fully saturated rings. The van der Waals surface area contributed by atoms with Crippen molar-refractivity contribution in [3.05, 3.63) is 59.9 Å². The van der Waals surface area contributed by atoms with Crippen LogP contribution in [0.15, 0.2) is 54.3 Å². The van der Waals surface area contributed by atoms with Crippen molar-refractivity contribution >= 4 is 5.97 Å². The van der Waals surface area contributed by atoms with E-state index in [1.807, 2.05) is 37.3 Å². The lowest BCUT2D eigenvalue weighted by atomic mass is 10.1. The van der Waals surface area contributed by atoms with Crippen LogP contribution in [-0.4, -0.2) is 12.1 Å². The second-order valence-corrected chi connectivity index (χ2v) is 4.60. The van der Waals surface area contributed by atoms with E-state index in [2.05, 4.69) is 0 Å². The summed E-state index contributed by atoms with van der Waals surface area (Å²) >= 11 is 0. The summed E-state index contributed by atoms with van der Waals surface area (Å²) in [5.74, 6) is -0.330. The van der Waals surface area contributed by atoms with Gasteiger partial charge in [-0.3, -0.25) is 0 Å². The van der Waals surface area contributed by atoms with Gasteiger partial charge in [0.2, 0.25) is 0 Å². The molecule has 3 heteroatoms. The standard InChI is InChI=1S/C16H18O3/c1-13-7-8-15(11-18-13)9-10-16(17)19-12-14-5-3-2-4-6-14/h2-6,9-11,13H,7-8,12H2,1H3/b10-9+. The lowest BCUT2D eigenvalue weighted by Crippen LogP contribution is -2.09. The van der Waals surface area contributed by atoms with E-state index in [4.69, 9.17) is 9.47 Å². The second-order valence-electron chi connectivity index (χ2n) is 4.60. The Morgan fingerprint density at radius 3 is 2.89 bits per heavy atom. The summed E-state index contributed by atoms with van der Waals surface area (Å²) in [6, 6.07) is 9.63. The summed E-state index contributed by atoms with van der Waals surface area (Å²) in [5.41, 5.74) is 2.01. The molecule has 100 valence electrons. The molecule has 1 heterocycles. The number of hydrogen-bond acceptors (Lipinski definition) is 3. The molecular formula is C16H18O3. The lowest BCUT2D eigenvalue weighted by molar-refractivity contribution is -0.139. The van der Waals surface area contributed by atoms with Gasteiger partial charge in [-0.1, -0.05) is 30.3 Å². The Bertz CT molecular complexity index is 474. The largest absolute Gasteiger partial charge is 0.498 e. The van der Waals surface area contributed by atoms with Crippen LogP contribution in [0, 0.1) is 0 Å². The van der Waals surface area contributed by atoms with E-state index in [0.29, 0.717) is 6.61 Å². The molecule has 0 saturated carbocycles. The summed E-state index contributed by atoms with van der Waals surface area (Å²) in [6.07, 6.45) is 7.11. The first-order valence-electron chi connectivity index (χ1n) is 6.47. The third-order valence-electron chi connectivity index (χ3n) is 2.95. The van der Waals surface area contributed by atoms with Crippen molar-refractivity contribution in [3.63, 3.8) is 0 Å². The predicted octanol–water partition coefficient (Wildman–Crippen LogP) is 3.37. The molecule has 2 rings (SSSR count). The maximum atomic E-state index is 11.5. The molecule has 0 N–H and O–H groups in total. The van der Waals surface area contributed by atoms with Crippen LogP contribution in [0.3, 0.4) is 0 Å². The third kappa shape index (κ3) is 4.62. The van der Waals surface area contributed by atoms with Gasteiger partial charge in [-0.25, -0.2) is 4.79 Å². The summed E-state index contributed by atoms with van der Waals surface area (Å²) < 4.78 is 10.5. The Morgan fingerprint density at radius 1 is 1.42 bits per heavy atom. The molecule has 1 aliphatic rings. The van der Waals surface area contributed by atoms with E-state index >= 15 is 0 Å². The zero-order valence-electron chi connectivity index (χ0n) is 11.0. The molecule has 0 spiro atoms. The highest BCUT2D eigenvalue weighted by Gasteiger charge is 2.09. The number of hydrogen-bond donors (Lipinski definition) is 0. The molecule has 1 atom stereocenters. The Morgan fingerprint density at radius 2 is 2.21 bits per heavy atom. The van der Waals surface area contributed by atoms with Gasteiger partial charge in [-0.15, -0.1) is 0 Å². The molecule has 0 aromatic heterocycles. The van der Waals surface area contributed by atoms with Crippen molar-refractivity contribution in [2.75, 3.05) is 0 Å². The van der Waals surface area contributed by atoms with E-state index < -0.39 is 0 Å². The van der Waals surface area contributed by atoms with Crippen molar-refractivity contribution in [1.29, 1.82) is 0 Å². The minimum Gasteiger partial charge on any atom is -0.498 e. The van der Waals surface area contributed by atoms with Gasteiger partial charge >= 0.3 is 5.97 Å². The minimum absolute atomic E-state index is 0.266. The number of allylic oxidation sites excluding steroid dienone is 2. The van der Waals surface area contributed by atoms with Gasteiger partial charge in [-0.05, 0) is 37.0 Å². The van der Waals surface area contributed by atoms with E-state index in [9.17, 15) is 4.79 Å². The molecule has 1 unspecified atom stereocenters. The van der Waals surface area contributed by atoms with Gasteiger partial charge < -0.3 is 9.47 Å². The molecule has 0 bridgehead atoms. The molecule has 0 aliphatic carbocycles. The molecule has 0 radical (unpaired) electrons. The van der Waals surface area contributed by atoms with Crippen molar-refractivity contribution < 1.29 is 14.3 Å². The Kier molecular flexibility index (Phi) is 4.78. The fraction of sp³-hybridized carbons (Fsp3) is 0.312. The van der Waals surface area contributed by atoms with Gasteiger partial charge in [0, 0.05) is 6.08 Å². The van der Waals surface area contributed by atoms with Crippen molar-refractivity contribution in [2.24, 2.45) is 0 Å². The van der Waals surface area contributed by atoms with Crippen LogP contribution in [0.2, 0.25) is 0 Å². The topological polar surface area (TPSA) is 35.5 Å². The number of benzene rings is 1. The monoisotopic (exact) mass is 258 g/mol. The normalized spacial score (nSPS) is 18.8. The average Bonchev–Trinajstić information content (AvgIpc) is 2.45. The summed E-state index contributed by atoms with van der Waals surface area (Å²) in [5, 5.41) is 0. The van der Waals surface area contributed by atoms with Gasteiger partial charge in [-0.2, -0.15) is 0 Å². The lowest BCUT2D eigenvalue weighted by Gasteiger charge is -2.17. The Hall–Kier alpha value is -2.03. The highest BCUT2D eigenvalue weighted by molar-refractivity contribution is 5.82. The maximum absolute atomic E-state index is 11.5. The molecule has 1 aliphatic heterocycles. The second kappa shape index (κ2) is 6.78. The van der Waals surface area contributed by atoms with E-state index in [1.54, 1.807) is 12.3 Å². The number of esters is 1. The number of carbonyl (C=O) groups is 1. The van der Waals surface area contributed by atoms with Gasteiger partial charge in [0.15, 0.2) is 0 Å². The number of carbonyl (C=O) groups excluding carboxylic acids is 1. The van der Waals surface area contributed by atoms with Gasteiger partial charge in [0.1, 0.15) is 6.61 Å². The summed E-state index contributed by atoms with van der Waals surface area (Å²) in [4.78, 5) is 11.5. The maximum Gasteiger partial charge on any atom is 0.331 e. The highest BCUT2D eigenvalue weighted by Crippen LogP contribution is 2.17. The average molecular weight is 258 g/mol. The fourth-order valence-corrected chi connectivity index (χ4v) is 1.77. The third-order valence-corrected chi connectivity index (χ3v) is 2.95. The van der Waals surface area contributed by atoms with Gasteiger partial charge in [0.25, 0.3) is 0 Å². The SMILES string of the molecule is CC1CCC(/C=C/C(=O)OCc2ccccc2)=CO1.